The number of nitrogens with two attached hydrogens (primary N) is 1. The largest absolute Gasteiger partial charge is 0.504 e. The number of nitrogens with one attached hydrogen (secondary N) is 1. The van der Waals surface area contributed by atoms with Gasteiger partial charge in [-0.1, -0.05) is 18.2 Å². The number of rotatable bonds is 5. The minimum absolute atomic E-state index is 0. The van der Waals surface area contributed by atoms with Crippen molar-refractivity contribution < 1.29 is 9.90 Å². The van der Waals surface area contributed by atoms with E-state index < -0.39 is 11.4 Å². The molecule has 1 fully saturated rings. The number of hydrogen-bond donors (Lipinski definition) is 3. The summed E-state index contributed by atoms with van der Waals surface area (Å²) in [5.41, 5.74) is 6.16. The molecule has 1 aliphatic carbocycles. The van der Waals surface area contributed by atoms with Crippen LogP contribution in [0.15, 0.2) is 36.5 Å². The van der Waals surface area contributed by atoms with Gasteiger partial charge in [0.15, 0.2) is 11.4 Å². The van der Waals surface area contributed by atoms with Crippen molar-refractivity contribution in [2.45, 2.75) is 25.3 Å². The number of aromatic nitrogens is 2. The molecule has 7 heteroatoms. The number of amides is 1. The van der Waals surface area contributed by atoms with Crippen molar-refractivity contribution >= 4 is 18.3 Å². The fraction of sp³-hybridized carbons (Fsp3) is 0.375. The van der Waals surface area contributed by atoms with Gasteiger partial charge in [0.05, 0.1) is 17.4 Å². The summed E-state index contributed by atoms with van der Waals surface area (Å²) in [5.74, 6) is -0.136. The van der Waals surface area contributed by atoms with E-state index in [1.54, 1.807) is 0 Å². The molecule has 1 unspecified atom stereocenters. The molecule has 3 rings (SSSR count). The van der Waals surface area contributed by atoms with Gasteiger partial charge in [-0.15, -0.1) is 12.4 Å². The molecule has 1 amide bonds. The van der Waals surface area contributed by atoms with E-state index in [0.717, 1.165) is 18.5 Å². The number of carbonyl (C=O) groups excluding carboxylic acids is 1. The number of aromatic hydroxyl groups is 1. The first-order chi connectivity index (χ1) is 10.5. The van der Waals surface area contributed by atoms with Crippen molar-refractivity contribution in [3.05, 3.63) is 42.2 Å². The van der Waals surface area contributed by atoms with E-state index in [4.69, 9.17) is 5.73 Å². The van der Waals surface area contributed by atoms with E-state index in [1.807, 2.05) is 37.3 Å². The smallest absolute Gasteiger partial charge is 0.276 e. The summed E-state index contributed by atoms with van der Waals surface area (Å²) in [6.07, 6.45) is 3.57. The molecule has 124 valence electrons. The van der Waals surface area contributed by atoms with Crippen LogP contribution >= 0.6 is 12.4 Å². The van der Waals surface area contributed by atoms with Gasteiger partial charge in [0.2, 0.25) is 0 Å². The van der Waals surface area contributed by atoms with Crippen molar-refractivity contribution in [1.29, 1.82) is 0 Å². The number of para-hydroxylation sites is 1. The molecule has 0 spiro atoms. The highest BCUT2D eigenvalue weighted by Gasteiger charge is 2.42. The zero-order chi connectivity index (χ0) is 15.7. The maximum atomic E-state index is 12.4. The number of hydrogen-bond acceptors (Lipinski definition) is 4. The normalized spacial score (nSPS) is 16.3. The number of nitrogens with zero attached hydrogens (tertiary/aromatic N) is 2. The first kappa shape index (κ1) is 17.3. The molecular weight excluding hydrogens is 316 g/mol. The SMILES string of the molecule is CC(CN)(NC(=O)c1nn(-c2ccccc2)cc1O)C1CC1.Cl. The molecule has 4 N–H and O–H groups in total. The Bertz CT molecular complexity index is 685. The van der Waals surface area contributed by atoms with Crippen molar-refractivity contribution in [2.75, 3.05) is 6.54 Å². The number of benzene rings is 1. The minimum Gasteiger partial charge on any atom is -0.504 e. The Balaban J connectivity index is 0.00000192. The highest BCUT2D eigenvalue weighted by molar-refractivity contribution is 5.95. The second-order valence-electron chi connectivity index (χ2n) is 5.99. The Morgan fingerprint density at radius 1 is 1.43 bits per heavy atom. The van der Waals surface area contributed by atoms with Gasteiger partial charge in [0, 0.05) is 6.54 Å². The third kappa shape index (κ3) is 3.48. The fourth-order valence-electron chi connectivity index (χ4n) is 2.60. The van der Waals surface area contributed by atoms with Crippen LogP contribution in [0.4, 0.5) is 0 Å². The van der Waals surface area contributed by atoms with Crippen LogP contribution in [0, 0.1) is 5.92 Å². The average Bonchev–Trinajstić information content (AvgIpc) is 3.31. The molecule has 0 bridgehead atoms. The van der Waals surface area contributed by atoms with Crippen molar-refractivity contribution in [2.24, 2.45) is 11.7 Å². The highest BCUT2D eigenvalue weighted by atomic mass is 35.5. The van der Waals surface area contributed by atoms with Crippen LogP contribution in [-0.2, 0) is 0 Å². The third-order valence-corrected chi connectivity index (χ3v) is 4.23. The van der Waals surface area contributed by atoms with Crippen molar-refractivity contribution in [3.8, 4) is 11.4 Å². The van der Waals surface area contributed by atoms with Gasteiger partial charge in [-0.05, 0) is 37.8 Å². The van der Waals surface area contributed by atoms with E-state index in [1.165, 1.54) is 10.9 Å². The topological polar surface area (TPSA) is 93.2 Å². The predicted octanol–water partition coefficient (Wildman–Crippen LogP) is 1.86. The molecule has 1 saturated carbocycles. The van der Waals surface area contributed by atoms with E-state index >= 15 is 0 Å². The molecule has 1 heterocycles. The number of halogens is 1. The Morgan fingerprint density at radius 3 is 2.65 bits per heavy atom. The summed E-state index contributed by atoms with van der Waals surface area (Å²) in [7, 11) is 0. The molecule has 6 nitrogen and oxygen atoms in total. The predicted molar refractivity (Wildman–Crippen MR) is 90.1 cm³/mol. The first-order valence-corrected chi connectivity index (χ1v) is 7.40. The van der Waals surface area contributed by atoms with Crippen LogP contribution in [0.3, 0.4) is 0 Å². The summed E-state index contributed by atoms with van der Waals surface area (Å²) in [6.45, 7) is 2.30. The molecule has 2 aromatic rings. The van der Waals surface area contributed by atoms with Crippen molar-refractivity contribution in [1.82, 2.24) is 15.1 Å². The summed E-state index contributed by atoms with van der Waals surface area (Å²) in [5, 5.41) is 17.1. The molecule has 0 saturated heterocycles. The van der Waals surface area contributed by atoms with Gasteiger partial charge >= 0.3 is 0 Å². The minimum atomic E-state index is -0.444. The molecule has 1 atom stereocenters. The van der Waals surface area contributed by atoms with Gasteiger partial charge in [0.1, 0.15) is 0 Å². The van der Waals surface area contributed by atoms with Crippen LogP contribution in [0.5, 0.6) is 5.75 Å². The van der Waals surface area contributed by atoms with Gasteiger partial charge in [-0.3, -0.25) is 4.79 Å². The zero-order valence-electron chi connectivity index (χ0n) is 12.9. The number of carbonyl (C=O) groups is 1. The molecular formula is C16H21ClN4O2. The van der Waals surface area contributed by atoms with Gasteiger partial charge in [0.25, 0.3) is 5.91 Å². The monoisotopic (exact) mass is 336 g/mol. The Morgan fingerprint density at radius 2 is 2.09 bits per heavy atom. The van der Waals surface area contributed by atoms with Crippen molar-refractivity contribution in [3.63, 3.8) is 0 Å². The first-order valence-electron chi connectivity index (χ1n) is 7.40. The quantitative estimate of drug-likeness (QED) is 0.777. The third-order valence-electron chi connectivity index (χ3n) is 4.23. The van der Waals surface area contributed by atoms with E-state index in [9.17, 15) is 9.90 Å². The molecule has 1 aromatic heterocycles. The lowest BCUT2D eigenvalue weighted by Crippen LogP contribution is -2.53. The lowest BCUT2D eigenvalue weighted by molar-refractivity contribution is 0.0889. The van der Waals surface area contributed by atoms with Crippen LogP contribution in [0.25, 0.3) is 5.69 Å². The maximum absolute atomic E-state index is 12.4. The molecule has 1 aromatic carbocycles. The van der Waals surface area contributed by atoms with Gasteiger partial charge < -0.3 is 16.2 Å². The maximum Gasteiger partial charge on any atom is 0.276 e. The zero-order valence-corrected chi connectivity index (χ0v) is 13.7. The van der Waals surface area contributed by atoms with Gasteiger partial charge in [-0.2, -0.15) is 5.10 Å². The summed E-state index contributed by atoms with van der Waals surface area (Å²) < 4.78 is 1.49. The lowest BCUT2D eigenvalue weighted by atomic mass is 9.96. The summed E-state index contributed by atoms with van der Waals surface area (Å²) in [4.78, 5) is 12.4. The molecule has 1 aliphatic rings. The van der Waals surface area contributed by atoms with Gasteiger partial charge in [-0.25, -0.2) is 4.68 Å². The van der Waals surface area contributed by atoms with Crippen LogP contribution in [0.1, 0.15) is 30.3 Å². The van der Waals surface area contributed by atoms with E-state index in [0.29, 0.717) is 12.5 Å². The Labute approximate surface area is 141 Å². The summed E-state index contributed by atoms with van der Waals surface area (Å²) >= 11 is 0. The molecule has 0 radical (unpaired) electrons. The Hall–Kier alpha value is -2.05. The highest BCUT2D eigenvalue weighted by Crippen LogP contribution is 2.39. The average molecular weight is 337 g/mol. The second-order valence-corrected chi connectivity index (χ2v) is 5.99. The van der Waals surface area contributed by atoms with E-state index in [2.05, 4.69) is 10.4 Å². The van der Waals surface area contributed by atoms with Crippen LogP contribution in [-0.4, -0.2) is 32.9 Å². The van der Waals surface area contributed by atoms with Crippen LogP contribution < -0.4 is 11.1 Å². The molecule has 23 heavy (non-hydrogen) atoms. The summed E-state index contributed by atoms with van der Waals surface area (Å²) in [6, 6.07) is 9.33. The van der Waals surface area contributed by atoms with E-state index in [-0.39, 0.29) is 23.9 Å². The van der Waals surface area contributed by atoms with Crippen LogP contribution in [0.2, 0.25) is 0 Å². The molecule has 0 aliphatic heterocycles. The second kappa shape index (κ2) is 6.60. The Kier molecular flexibility index (Phi) is 4.97. The standard InChI is InChI=1S/C16H20N4O2.ClH/c1-16(10-17,11-7-8-11)18-15(22)14-13(21)9-20(19-14)12-5-3-2-4-6-12;/h2-6,9,11,21H,7-8,10,17H2,1H3,(H,18,22);1H. The fourth-order valence-corrected chi connectivity index (χ4v) is 2.60. The lowest BCUT2D eigenvalue weighted by Gasteiger charge is -2.29.